The minimum Gasteiger partial charge on any atom is -0.441 e. The average molecular weight is 487 g/mol. The fourth-order valence-electron chi connectivity index (χ4n) is 3.61. The van der Waals surface area contributed by atoms with Crippen molar-refractivity contribution in [1.29, 1.82) is 0 Å². The number of rotatable bonds is 9. The summed E-state index contributed by atoms with van der Waals surface area (Å²) in [5.41, 5.74) is 1.92. The zero-order valence-corrected chi connectivity index (χ0v) is 20.8. The predicted octanol–water partition coefficient (Wildman–Crippen LogP) is 3.56. The van der Waals surface area contributed by atoms with Crippen LogP contribution in [0.1, 0.15) is 43.9 Å². The summed E-state index contributed by atoms with van der Waals surface area (Å²) >= 11 is 0. The van der Waals surface area contributed by atoms with Crippen molar-refractivity contribution < 1.29 is 22.4 Å². The van der Waals surface area contributed by atoms with Gasteiger partial charge in [-0.2, -0.15) is 4.31 Å². The minimum absolute atomic E-state index is 0.0330. The maximum atomic E-state index is 13.0. The lowest BCUT2D eigenvalue weighted by atomic mass is 10.0. The molecule has 3 aromatic rings. The van der Waals surface area contributed by atoms with Crippen LogP contribution in [0.4, 0.5) is 5.69 Å². The first-order chi connectivity index (χ1) is 16.1. The molecule has 0 spiro atoms. The van der Waals surface area contributed by atoms with Crippen molar-refractivity contribution in [2.45, 2.75) is 45.6 Å². The Bertz CT molecular complexity index is 1300. The molecule has 0 bridgehead atoms. The Morgan fingerprint density at radius 3 is 2.44 bits per heavy atom. The van der Waals surface area contributed by atoms with E-state index in [9.17, 15) is 18.0 Å². The summed E-state index contributed by atoms with van der Waals surface area (Å²) in [4.78, 5) is 30.2. The van der Waals surface area contributed by atoms with Gasteiger partial charge >= 0.3 is 0 Å². The SMILES string of the molecule is CCN(CC)S(=O)(=O)c1cccc(C(=O)NC(C(=O)Nc2ccc3oc(C)nc3c2)C(C)C)c1. The van der Waals surface area contributed by atoms with Gasteiger partial charge < -0.3 is 15.1 Å². The number of nitrogens with one attached hydrogen (secondary N) is 2. The first-order valence-corrected chi connectivity index (χ1v) is 12.6. The molecular weight excluding hydrogens is 456 g/mol. The van der Waals surface area contributed by atoms with Gasteiger partial charge in [0.05, 0.1) is 4.90 Å². The summed E-state index contributed by atoms with van der Waals surface area (Å²) in [6.07, 6.45) is 0. The number of fused-ring (bicyclic) bond motifs is 1. The summed E-state index contributed by atoms with van der Waals surface area (Å²) in [5.74, 6) is -0.622. The first-order valence-electron chi connectivity index (χ1n) is 11.2. The standard InChI is InChI=1S/C24H30N4O5S/c1-6-28(7-2)34(31,32)19-10-8-9-17(13-19)23(29)27-22(15(3)4)24(30)26-18-11-12-21-20(14-18)25-16(5)33-21/h8-15,22H,6-7H2,1-5H3,(H,26,30)(H,27,29). The number of aryl methyl sites for hydroxylation is 1. The number of benzene rings is 2. The van der Waals surface area contributed by atoms with Gasteiger partial charge in [0.2, 0.25) is 15.9 Å². The second-order valence-electron chi connectivity index (χ2n) is 8.22. The number of carbonyl (C=O) groups is 2. The van der Waals surface area contributed by atoms with Gasteiger partial charge in [0.25, 0.3) is 5.91 Å². The van der Waals surface area contributed by atoms with Gasteiger partial charge in [-0.1, -0.05) is 33.8 Å². The molecule has 34 heavy (non-hydrogen) atoms. The fraction of sp³-hybridized carbons (Fsp3) is 0.375. The molecule has 1 unspecified atom stereocenters. The van der Waals surface area contributed by atoms with Gasteiger partial charge in [-0.15, -0.1) is 0 Å². The van der Waals surface area contributed by atoms with E-state index in [0.29, 0.717) is 35.8 Å². The molecule has 1 atom stereocenters. The Morgan fingerprint density at radius 2 is 1.79 bits per heavy atom. The van der Waals surface area contributed by atoms with Crippen LogP contribution in [0, 0.1) is 12.8 Å². The molecule has 0 aliphatic carbocycles. The lowest BCUT2D eigenvalue weighted by molar-refractivity contribution is -0.118. The second kappa shape index (κ2) is 10.4. The minimum atomic E-state index is -3.71. The molecule has 0 aliphatic heterocycles. The summed E-state index contributed by atoms with van der Waals surface area (Å²) < 4.78 is 32.4. The van der Waals surface area contributed by atoms with Crippen molar-refractivity contribution >= 4 is 38.6 Å². The number of nitrogens with zero attached hydrogens (tertiary/aromatic N) is 2. The van der Waals surface area contributed by atoms with Crippen molar-refractivity contribution in [3.63, 3.8) is 0 Å². The molecule has 182 valence electrons. The van der Waals surface area contributed by atoms with Gasteiger partial charge in [0.15, 0.2) is 11.5 Å². The Labute approximate surface area is 199 Å². The highest BCUT2D eigenvalue weighted by atomic mass is 32.2. The van der Waals surface area contributed by atoms with Gasteiger partial charge in [0, 0.05) is 31.3 Å². The van der Waals surface area contributed by atoms with E-state index in [1.807, 2.05) is 13.8 Å². The number of aromatic nitrogens is 1. The Kier molecular flexibility index (Phi) is 7.73. The molecule has 0 saturated heterocycles. The molecule has 0 fully saturated rings. The van der Waals surface area contributed by atoms with Gasteiger partial charge in [-0.05, 0) is 42.3 Å². The Balaban J connectivity index is 1.78. The number of carbonyl (C=O) groups excluding carboxylic acids is 2. The Morgan fingerprint density at radius 1 is 1.09 bits per heavy atom. The molecule has 0 saturated carbocycles. The van der Waals surface area contributed by atoms with Crippen molar-refractivity contribution in [3.05, 3.63) is 53.9 Å². The number of amides is 2. The summed E-state index contributed by atoms with van der Waals surface area (Å²) in [7, 11) is -3.71. The van der Waals surface area contributed by atoms with E-state index in [4.69, 9.17) is 4.42 Å². The number of hydrogen-bond donors (Lipinski definition) is 2. The third-order valence-corrected chi connectivity index (χ3v) is 7.48. The van der Waals surface area contributed by atoms with Gasteiger partial charge in [0.1, 0.15) is 11.6 Å². The molecule has 2 aromatic carbocycles. The van der Waals surface area contributed by atoms with E-state index in [1.165, 1.54) is 28.6 Å². The summed E-state index contributed by atoms with van der Waals surface area (Å²) in [6, 6.07) is 10.1. The molecule has 3 rings (SSSR count). The average Bonchev–Trinajstić information content (AvgIpc) is 3.17. The molecule has 2 amide bonds. The highest BCUT2D eigenvalue weighted by molar-refractivity contribution is 7.89. The first kappa shape index (κ1) is 25.4. The number of anilines is 1. The van der Waals surface area contributed by atoms with Gasteiger partial charge in [-0.25, -0.2) is 13.4 Å². The molecule has 10 heteroatoms. The Hall–Kier alpha value is -3.24. The van der Waals surface area contributed by atoms with Crippen LogP contribution in [0.3, 0.4) is 0 Å². The number of hydrogen-bond acceptors (Lipinski definition) is 6. The van der Waals surface area contributed by atoms with Crippen LogP contribution in [-0.4, -0.2) is 48.7 Å². The maximum Gasteiger partial charge on any atom is 0.251 e. The number of sulfonamides is 1. The van der Waals surface area contributed by atoms with Crippen LogP contribution in [0.15, 0.2) is 51.8 Å². The maximum absolute atomic E-state index is 13.0. The molecule has 2 N–H and O–H groups in total. The normalized spacial score (nSPS) is 12.8. The highest BCUT2D eigenvalue weighted by Crippen LogP contribution is 2.21. The quantitative estimate of drug-likeness (QED) is 0.477. The van der Waals surface area contributed by atoms with Gasteiger partial charge in [-0.3, -0.25) is 9.59 Å². The molecule has 0 radical (unpaired) electrons. The van der Waals surface area contributed by atoms with E-state index in [1.54, 1.807) is 39.0 Å². The molecule has 0 aliphatic rings. The van der Waals surface area contributed by atoms with Crippen LogP contribution in [0.25, 0.3) is 11.1 Å². The van der Waals surface area contributed by atoms with E-state index in [2.05, 4.69) is 15.6 Å². The number of oxazole rings is 1. The lowest BCUT2D eigenvalue weighted by Gasteiger charge is -2.22. The van der Waals surface area contributed by atoms with E-state index in [-0.39, 0.29) is 16.4 Å². The van der Waals surface area contributed by atoms with E-state index >= 15 is 0 Å². The molecule has 9 nitrogen and oxygen atoms in total. The van der Waals surface area contributed by atoms with Crippen LogP contribution < -0.4 is 10.6 Å². The fourth-order valence-corrected chi connectivity index (χ4v) is 5.11. The molecular formula is C24H30N4O5S. The van der Waals surface area contributed by atoms with Crippen LogP contribution >= 0.6 is 0 Å². The zero-order valence-electron chi connectivity index (χ0n) is 20.0. The van der Waals surface area contributed by atoms with E-state index in [0.717, 1.165) is 0 Å². The predicted molar refractivity (Wildman–Crippen MR) is 130 cm³/mol. The van der Waals surface area contributed by atoms with Crippen molar-refractivity contribution in [2.24, 2.45) is 5.92 Å². The van der Waals surface area contributed by atoms with Crippen LogP contribution in [0.2, 0.25) is 0 Å². The third-order valence-electron chi connectivity index (χ3n) is 5.44. The summed E-state index contributed by atoms with van der Waals surface area (Å²) in [6.45, 7) is 9.53. The summed E-state index contributed by atoms with van der Waals surface area (Å²) in [5, 5.41) is 5.55. The van der Waals surface area contributed by atoms with E-state index < -0.39 is 27.9 Å². The third kappa shape index (κ3) is 5.45. The lowest BCUT2D eigenvalue weighted by Crippen LogP contribution is -2.47. The monoisotopic (exact) mass is 486 g/mol. The largest absolute Gasteiger partial charge is 0.441 e. The molecule has 1 heterocycles. The van der Waals surface area contributed by atoms with Crippen molar-refractivity contribution in [3.8, 4) is 0 Å². The topological polar surface area (TPSA) is 122 Å². The van der Waals surface area contributed by atoms with Crippen molar-refractivity contribution in [1.82, 2.24) is 14.6 Å². The molecule has 1 aromatic heterocycles. The second-order valence-corrected chi connectivity index (χ2v) is 10.2. The highest BCUT2D eigenvalue weighted by Gasteiger charge is 2.27. The zero-order chi connectivity index (χ0) is 25.0. The van der Waals surface area contributed by atoms with Crippen LogP contribution in [0.5, 0.6) is 0 Å². The van der Waals surface area contributed by atoms with Crippen LogP contribution in [-0.2, 0) is 14.8 Å². The smallest absolute Gasteiger partial charge is 0.251 e. The van der Waals surface area contributed by atoms with Crippen molar-refractivity contribution in [2.75, 3.05) is 18.4 Å².